The lowest BCUT2D eigenvalue weighted by molar-refractivity contribution is 0.0622. The molecule has 0 radical (unpaired) electrons. The average molecular weight is 405 g/mol. The minimum absolute atomic E-state index is 0.0263. The molecule has 0 saturated heterocycles. The van der Waals surface area contributed by atoms with Crippen LogP contribution in [0.1, 0.15) is 48.0 Å². The Bertz CT molecular complexity index is 990. The van der Waals surface area contributed by atoms with Crippen molar-refractivity contribution in [3.8, 4) is 5.75 Å². The molecule has 4 heteroatoms. The molecule has 30 heavy (non-hydrogen) atoms. The fraction of sp³-hybridized carbons (Fsp3) is 0.346. The number of hydrogen-bond acceptors (Lipinski definition) is 2. The minimum Gasteiger partial charge on any atom is -0.497 e. The Labute approximate surface area is 180 Å². The maximum Gasteiger partial charge on any atom is 0.254 e. The van der Waals surface area contributed by atoms with E-state index in [2.05, 4.69) is 74.9 Å². The molecular formula is C26H32N2O2. The predicted octanol–water partition coefficient (Wildman–Crippen LogP) is 5.54. The monoisotopic (exact) mass is 404 g/mol. The number of hydrogen-bond donors (Lipinski definition) is 0. The van der Waals surface area contributed by atoms with Crippen molar-refractivity contribution in [3.05, 3.63) is 89.2 Å². The van der Waals surface area contributed by atoms with Gasteiger partial charge in [-0.1, -0.05) is 49.7 Å². The zero-order valence-corrected chi connectivity index (χ0v) is 18.6. The predicted molar refractivity (Wildman–Crippen MR) is 122 cm³/mol. The van der Waals surface area contributed by atoms with Crippen molar-refractivity contribution >= 4 is 5.91 Å². The second-order valence-corrected chi connectivity index (χ2v) is 8.27. The summed E-state index contributed by atoms with van der Waals surface area (Å²) in [6.45, 7) is 9.90. The quantitative estimate of drug-likeness (QED) is 0.494. The van der Waals surface area contributed by atoms with Crippen molar-refractivity contribution < 1.29 is 9.53 Å². The van der Waals surface area contributed by atoms with E-state index in [0.717, 1.165) is 12.2 Å². The second-order valence-electron chi connectivity index (χ2n) is 8.27. The normalized spacial score (nSPS) is 12.1. The molecule has 1 atom stereocenters. The molecule has 0 aliphatic rings. The Morgan fingerprint density at radius 2 is 1.80 bits per heavy atom. The maximum absolute atomic E-state index is 13.5. The van der Waals surface area contributed by atoms with E-state index >= 15 is 0 Å². The molecule has 3 rings (SSSR count). The van der Waals surface area contributed by atoms with E-state index in [9.17, 15) is 4.79 Å². The van der Waals surface area contributed by atoms with Crippen molar-refractivity contribution in [1.29, 1.82) is 0 Å². The minimum atomic E-state index is 0.0263. The lowest BCUT2D eigenvalue weighted by atomic mass is 10.0. The third-order valence-corrected chi connectivity index (χ3v) is 5.73. The molecule has 0 bridgehead atoms. The van der Waals surface area contributed by atoms with Crippen molar-refractivity contribution in [1.82, 2.24) is 9.47 Å². The molecule has 0 aliphatic heterocycles. The van der Waals surface area contributed by atoms with Gasteiger partial charge in [-0.3, -0.25) is 4.79 Å². The van der Waals surface area contributed by atoms with E-state index < -0.39 is 0 Å². The number of benzene rings is 2. The summed E-state index contributed by atoms with van der Waals surface area (Å²) in [6.07, 6.45) is 2.09. The molecule has 3 aromatic rings. The van der Waals surface area contributed by atoms with Crippen LogP contribution in [0.15, 0.2) is 66.9 Å². The van der Waals surface area contributed by atoms with Crippen LogP contribution >= 0.6 is 0 Å². The number of ether oxygens (including phenoxy) is 1. The highest BCUT2D eigenvalue weighted by molar-refractivity contribution is 5.94. The van der Waals surface area contributed by atoms with E-state index in [1.807, 2.05) is 29.2 Å². The zero-order chi connectivity index (χ0) is 21.7. The van der Waals surface area contributed by atoms with Crippen LogP contribution in [0.4, 0.5) is 0 Å². The van der Waals surface area contributed by atoms with Gasteiger partial charge in [-0.25, -0.2) is 0 Å². The van der Waals surface area contributed by atoms with Crippen LogP contribution in [-0.2, 0) is 13.1 Å². The maximum atomic E-state index is 13.5. The summed E-state index contributed by atoms with van der Waals surface area (Å²) in [6, 6.07) is 20.2. The third kappa shape index (κ3) is 5.12. The highest BCUT2D eigenvalue weighted by Crippen LogP contribution is 2.21. The summed E-state index contributed by atoms with van der Waals surface area (Å²) in [5.74, 6) is 1.07. The molecular weight excluding hydrogens is 372 g/mol. The molecule has 1 aromatic heterocycles. The van der Waals surface area contributed by atoms with Crippen molar-refractivity contribution in [2.45, 2.75) is 46.8 Å². The van der Waals surface area contributed by atoms with E-state index in [1.165, 1.54) is 11.1 Å². The summed E-state index contributed by atoms with van der Waals surface area (Å²) in [4.78, 5) is 15.4. The number of rotatable bonds is 8. The highest BCUT2D eigenvalue weighted by Gasteiger charge is 2.25. The Balaban J connectivity index is 1.87. The zero-order valence-electron chi connectivity index (χ0n) is 18.6. The SMILES string of the molecule is COc1cccc(C(=O)N(Cc2cccn2Cc2cccc(C)c2)C(C)C(C)C)c1. The van der Waals surface area contributed by atoms with E-state index in [-0.39, 0.29) is 11.9 Å². The van der Waals surface area contributed by atoms with Gasteiger partial charge in [0.2, 0.25) is 0 Å². The van der Waals surface area contributed by atoms with Crippen LogP contribution in [0, 0.1) is 12.8 Å². The largest absolute Gasteiger partial charge is 0.497 e. The van der Waals surface area contributed by atoms with Crippen LogP contribution in [0.3, 0.4) is 0 Å². The fourth-order valence-corrected chi connectivity index (χ4v) is 3.61. The lowest BCUT2D eigenvalue weighted by Gasteiger charge is -2.32. The Kier molecular flexibility index (Phi) is 6.99. The average Bonchev–Trinajstić information content (AvgIpc) is 3.17. The summed E-state index contributed by atoms with van der Waals surface area (Å²) < 4.78 is 7.55. The number of methoxy groups -OCH3 is 1. The summed E-state index contributed by atoms with van der Waals surface area (Å²) in [5, 5.41) is 0. The first-order chi connectivity index (χ1) is 14.4. The van der Waals surface area contributed by atoms with Gasteiger partial charge in [-0.2, -0.15) is 0 Å². The molecule has 0 saturated carbocycles. The molecule has 0 N–H and O–H groups in total. The lowest BCUT2D eigenvalue weighted by Crippen LogP contribution is -2.41. The van der Waals surface area contributed by atoms with E-state index in [0.29, 0.717) is 23.8 Å². The first-order valence-electron chi connectivity index (χ1n) is 10.5. The van der Waals surface area contributed by atoms with Crippen molar-refractivity contribution in [2.75, 3.05) is 7.11 Å². The molecule has 158 valence electrons. The number of aromatic nitrogens is 1. The Morgan fingerprint density at radius 3 is 2.50 bits per heavy atom. The van der Waals surface area contributed by atoms with Gasteiger partial charge in [-0.05, 0) is 55.7 Å². The van der Waals surface area contributed by atoms with Gasteiger partial charge in [0.15, 0.2) is 0 Å². The number of nitrogens with zero attached hydrogens (tertiary/aromatic N) is 2. The highest BCUT2D eigenvalue weighted by atomic mass is 16.5. The first-order valence-corrected chi connectivity index (χ1v) is 10.5. The number of aryl methyl sites for hydroxylation is 1. The van der Waals surface area contributed by atoms with Gasteiger partial charge in [0.25, 0.3) is 5.91 Å². The summed E-state index contributed by atoms with van der Waals surface area (Å²) in [5.41, 5.74) is 4.29. The molecule has 0 spiro atoms. The van der Waals surface area contributed by atoms with Gasteiger partial charge < -0.3 is 14.2 Å². The van der Waals surface area contributed by atoms with Crippen LogP contribution in [-0.4, -0.2) is 28.5 Å². The molecule has 4 nitrogen and oxygen atoms in total. The van der Waals surface area contributed by atoms with Gasteiger partial charge in [0.05, 0.1) is 13.7 Å². The van der Waals surface area contributed by atoms with Crippen LogP contribution in [0.5, 0.6) is 5.75 Å². The van der Waals surface area contributed by atoms with Gasteiger partial charge in [-0.15, -0.1) is 0 Å². The number of carbonyl (C=O) groups excluding carboxylic acids is 1. The third-order valence-electron chi connectivity index (χ3n) is 5.73. The molecule has 0 aliphatic carbocycles. The Hall–Kier alpha value is -3.01. The fourth-order valence-electron chi connectivity index (χ4n) is 3.61. The van der Waals surface area contributed by atoms with Crippen molar-refractivity contribution in [2.24, 2.45) is 5.92 Å². The molecule has 0 fully saturated rings. The number of amides is 1. The molecule has 1 amide bonds. The van der Waals surface area contributed by atoms with E-state index in [4.69, 9.17) is 4.74 Å². The summed E-state index contributed by atoms with van der Waals surface area (Å²) >= 11 is 0. The van der Waals surface area contributed by atoms with Gasteiger partial charge >= 0.3 is 0 Å². The van der Waals surface area contributed by atoms with E-state index in [1.54, 1.807) is 7.11 Å². The van der Waals surface area contributed by atoms with Crippen LogP contribution in [0.2, 0.25) is 0 Å². The summed E-state index contributed by atoms with van der Waals surface area (Å²) in [7, 11) is 1.62. The Morgan fingerprint density at radius 1 is 1.03 bits per heavy atom. The topological polar surface area (TPSA) is 34.5 Å². The van der Waals surface area contributed by atoms with Crippen LogP contribution < -0.4 is 4.74 Å². The van der Waals surface area contributed by atoms with Crippen molar-refractivity contribution in [3.63, 3.8) is 0 Å². The first kappa shape index (κ1) is 21.7. The molecule has 1 unspecified atom stereocenters. The van der Waals surface area contributed by atoms with Gasteiger partial charge in [0.1, 0.15) is 5.75 Å². The molecule has 1 heterocycles. The standard InChI is InChI=1S/C26H32N2O2/c1-19(2)21(4)28(26(29)23-11-7-13-25(16-23)30-5)18-24-12-8-14-27(24)17-22-10-6-9-20(3)15-22/h6-16,19,21H,17-18H2,1-5H3. The second kappa shape index (κ2) is 9.66. The smallest absolute Gasteiger partial charge is 0.254 e. The van der Waals surface area contributed by atoms with Gasteiger partial charge in [0, 0.05) is 30.0 Å². The number of carbonyl (C=O) groups is 1. The van der Waals surface area contributed by atoms with Crippen LogP contribution in [0.25, 0.3) is 0 Å². The molecule has 2 aromatic carbocycles.